The molecule has 1 N–H and O–H groups in total. The van der Waals surface area contributed by atoms with Crippen LogP contribution in [0.15, 0.2) is 47.8 Å². The fourth-order valence-electron chi connectivity index (χ4n) is 2.71. The second-order valence-corrected chi connectivity index (χ2v) is 8.75. The first-order valence-corrected chi connectivity index (χ1v) is 10.9. The number of ether oxygens (including phenoxy) is 1. The number of benzene rings is 1. The molecule has 0 unspecified atom stereocenters. The molecule has 0 bridgehead atoms. The SMILES string of the molecule is O=C(Cc1sc(-c2ccccc2)nc1-c1cccs1)NCC(=O)OCC1CC1. The molecule has 1 aliphatic carbocycles. The minimum atomic E-state index is -0.381. The number of hydrogen-bond acceptors (Lipinski definition) is 6. The van der Waals surface area contributed by atoms with Crippen molar-refractivity contribution in [2.45, 2.75) is 19.3 Å². The van der Waals surface area contributed by atoms with Gasteiger partial charge in [0.2, 0.25) is 5.91 Å². The van der Waals surface area contributed by atoms with E-state index in [9.17, 15) is 9.59 Å². The molecule has 1 saturated carbocycles. The normalized spacial score (nSPS) is 13.3. The molecule has 2 aromatic heterocycles. The van der Waals surface area contributed by atoms with E-state index in [1.54, 1.807) is 11.3 Å². The van der Waals surface area contributed by atoms with Crippen LogP contribution >= 0.6 is 22.7 Å². The van der Waals surface area contributed by atoms with E-state index in [4.69, 9.17) is 9.72 Å². The van der Waals surface area contributed by atoms with Crippen molar-refractivity contribution in [2.24, 2.45) is 5.92 Å². The molecule has 3 aromatic rings. The van der Waals surface area contributed by atoms with Gasteiger partial charge in [-0.2, -0.15) is 0 Å². The van der Waals surface area contributed by atoms with Gasteiger partial charge in [0.1, 0.15) is 11.6 Å². The Balaban J connectivity index is 1.44. The molecule has 0 atom stereocenters. The molecular weight excluding hydrogens is 392 g/mol. The van der Waals surface area contributed by atoms with Gasteiger partial charge in [0.15, 0.2) is 0 Å². The molecule has 144 valence electrons. The average Bonchev–Trinajstić information content (AvgIpc) is 3.21. The number of esters is 1. The highest BCUT2D eigenvalue weighted by atomic mass is 32.1. The third-order valence-corrected chi connectivity index (χ3v) is 6.38. The van der Waals surface area contributed by atoms with Gasteiger partial charge >= 0.3 is 5.97 Å². The third-order valence-electron chi connectivity index (χ3n) is 4.40. The lowest BCUT2D eigenvalue weighted by molar-refractivity contribution is -0.144. The van der Waals surface area contributed by atoms with Gasteiger partial charge in [-0.15, -0.1) is 22.7 Å². The van der Waals surface area contributed by atoms with Crippen LogP contribution in [-0.4, -0.2) is 30.0 Å². The van der Waals surface area contributed by atoms with Crippen molar-refractivity contribution in [3.8, 4) is 21.1 Å². The second-order valence-electron chi connectivity index (χ2n) is 6.71. The maximum absolute atomic E-state index is 12.4. The highest BCUT2D eigenvalue weighted by molar-refractivity contribution is 7.17. The summed E-state index contributed by atoms with van der Waals surface area (Å²) in [6.45, 7) is 0.372. The van der Waals surface area contributed by atoms with Gasteiger partial charge in [0.05, 0.1) is 23.6 Å². The summed E-state index contributed by atoms with van der Waals surface area (Å²) in [7, 11) is 0. The summed E-state index contributed by atoms with van der Waals surface area (Å²) in [4.78, 5) is 30.8. The molecule has 1 amide bonds. The van der Waals surface area contributed by atoms with E-state index >= 15 is 0 Å². The van der Waals surface area contributed by atoms with Crippen molar-refractivity contribution >= 4 is 34.6 Å². The van der Waals surface area contributed by atoms with Crippen molar-refractivity contribution in [3.63, 3.8) is 0 Å². The molecule has 0 aliphatic heterocycles. The monoisotopic (exact) mass is 412 g/mol. The minimum absolute atomic E-state index is 0.0930. The first kappa shape index (κ1) is 18.8. The predicted molar refractivity (Wildman–Crippen MR) is 111 cm³/mol. The van der Waals surface area contributed by atoms with Gasteiger partial charge in [-0.3, -0.25) is 9.59 Å². The van der Waals surface area contributed by atoms with Crippen LogP contribution in [0.2, 0.25) is 0 Å². The van der Waals surface area contributed by atoms with Crippen LogP contribution in [0.1, 0.15) is 17.7 Å². The van der Waals surface area contributed by atoms with Crippen molar-refractivity contribution in [1.82, 2.24) is 10.3 Å². The molecular formula is C21H20N2O3S2. The number of thiazole rings is 1. The number of amides is 1. The van der Waals surface area contributed by atoms with Crippen molar-refractivity contribution in [3.05, 3.63) is 52.7 Å². The molecule has 0 radical (unpaired) electrons. The molecule has 28 heavy (non-hydrogen) atoms. The van der Waals surface area contributed by atoms with Crippen LogP contribution in [-0.2, 0) is 20.7 Å². The molecule has 4 rings (SSSR count). The van der Waals surface area contributed by atoms with Crippen molar-refractivity contribution < 1.29 is 14.3 Å². The number of rotatable bonds is 8. The van der Waals surface area contributed by atoms with Crippen molar-refractivity contribution in [2.75, 3.05) is 13.2 Å². The lowest BCUT2D eigenvalue weighted by Gasteiger charge is -2.06. The van der Waals surface area contributed by atoms with Crippen LogP contribution in [0.4, 0.5) is 0 Å². The average molecular weight is 413 g/mol. The number of thiophene rings is 1. The Morgan fingerprint density at radius 1 is 1.14 bits per heavy atom. The Morgan fingerprint density at radius 2 is 1.96 bits per heavy atom. The standard InChI is InChI=1S/C21H20N2O3S2/c24-18(22-12-19(25)26-13-14-8-9-14)11-17-20(16-7-4-10-27-16)23-21(28-17)15-5-2-1-3-6-15/h1-7,10,14H,8-9,11-13H2,(H,22,24). The van der Waals surface area contributed by atoms with Crippen LogP contribution in [0, 0.1) is 5.92 Å². The van der Waals surface area contributed by atoms with E-state index in [1.165, 1.54) is 11.3 Å². The van der Waals surface area contributed by atoms with Gasteiger partial charge in [-0.1, -0.05) is 36.4 Å². The van der Waals surface area contributed by atoms with Gasteiger partial charge in [0.25, 0.3) is 0 Å². The zero-order valence-electron chi connectivity index (χ0n) is 15.2. The van der Waals surface area contributed by atoms with Gasteiger partial charge in [-0.25, -0.2) is 4.98 Å². The Bertz CT molecular complexity index is 947. The predicted octanol–water partition coefficient (Wildman–Crippen LogP) is 4.15. The molecule has 0 spiro atoms. The van der Waals surface area contributed by atoms with Crippen LogP contribution in [0.25, 0.3) is 21.1 Å². The maximum Gasteiger partial charge on any atom is 0.325 e. The molecule has 1 aliphatic rings. The van der Waals surface area contributed by atoms with E-state index in [2.05, 4.69) is 5.32 Å². The molecule has 1 fully saturated rings. The molecule has 1 aromatic carbocycles. The maximum atomic E-state index is 12.4. The summed E-state index contributed by atoms with van der Waals surface area (Å²) in [5.41, 5.74) is 1.87. The highest BCUT2D eigenvalue weighted by Gasteiger charge is 2.23. The number of carbonyl (C=O) groups excluding carboxylic acids is 2. The number of nitrogens with one attached hydrogen (secondary N) is 1. The van der Waals surface area contributed by atoms with E-state index in [0.29, 0.717) is 12.5 Å². The molecule has 5 nitrogen and oxygen atoms in total. The van der Waals surface area contributed by atoms with Crippen LogP contribution in [0.5, 0.6) is 0 Å². The zero-order valence-corrected chi connectivity index (χ0v) is 16.9. The topological polar surface area (TPSA) is 68.3 Å². The second kappa shape index (κ2) is 8.67. The smallest absolute Gasteiger partial charge is 0.325 e. The van der Waals surface area contributed by atoms with Crippen molar-refractivity contribution in [1.29, 1.82) is 0 Å². The largest absolute Gasteiger partial charge is 0.464 e. The Hall–Kier alpha value is -2.51. The number of carbonyl (C=O) groups is 2. The third kappa shape index (κ3) is 4.85. The zero-order chi connectivity index (χ0) is 19.3. The number of aromatic nitrogens is 1. The molecule has 0 saturated heterocycles. The Morgan fingerprint density at radius 3 is 2.68 bits per heavy atom. The summed E-state index contributed by atoms with van der Waals surface area (Å²) in [6, 6.07) is 13.9. The molecule has 7 heteroatoms. The Kier molecular flexibility index (Phi) is 5.83. The van der Waals surface area contributed by atoms with E-state index in [1.807, 2.05) is 47.8 Å². The summed E-state index contributed by atoms with van der Waals surface area (Å²) in [5.74, 6) is -0.0703. The molecule has 2 heterocycles. The fourth-order valence-corrected chi connectivity index (χ4v) is 4.59. The number of hydrogen-bond donors (Lipinski definition) is 1. The first-order chi connectivity index (χ1) is 13.7. The highest BCUT2D eigenvalue weighted by Crippen LogP contribution is 2.36. The van der Waals surface area contributed by atoms with E-state index < -0.39 is 0 Å². The summed E-state index contributed by atoms with van der Waals surface area (Å²) in [6.07, 6.45) is 2.44. The van der Waals surface area contributed by atoms with Crippen LogP contribution in [0.3, 0.4) is 0 Å². The first-order valence-electron chi connectivity index (χ1n) is 9.20. The fraction of sp³-hybridized carbons (Fsp3) is 0.286. The lowest BCUT2D eigenvalue weighted by atomic mass is 10.2. The van der Waals surface area contributed by atoms with Gasteiger partial charge in [-0.05, 0) is 30.2 Å². The van der Waals surface area contributed by atoms with E-state index in [-0.39, 0.29) is 24.8 Å². The Labute approximate surface area is 171 Å². The number of nitrogens with zero attached hydrogens (tertiary/aromatic N) is 1. The summed E-state index contributed by atoms with van der Waals surface area (Å²) in [5, 5.41) is 5.55. The summed E-state index contributed by atoms with van der Waals surface area (Å²) >= 11 is 3.11. The lowest BCUT2D eigenvalue weighted by Crippen LogP contribution is -2.31. The van der Waals surface area contributed by atoms with E-state index in [0.717, 1.165) is 38.9 Å². The quantitative estimate of drug-likeness (QED) is 0.565. The summed E-state index contributed by atoms with van der Waals surface area (Å²) < 4.78 is 5.15. The van der Waals surface area contributed by atoms with Crippen LogP contribution < -0.4 is 5.32 Å². The van der Waals surface area contributed by atoms with Gasteiger partial charge < -0.3 is 10.1 Å². The minimum Gasteiger partial charge on any atom is -0.464 e. The van der Waals surface area contributed by atoms with Gasteiger partial charge in [0, 0.05) is 10.4 Å².